The van der Waals surface area contributed by atoms with Gasteiger partial charge in [-0.05, 0) is 31.1 Å². The monoisotopic (exact) mass is 299 g/mol. The highest BCUT2D eigenvalue weighted by Crippen LogP contribution is 2.39. The smallest absolute Gasteiger partial charge is 0.243 e. The van der Waals surface area contributed by atoms with Gasteiger partial charge >= 0.3 is 0 Å². The van der Waals surface area contributed by atoms with E-state index in [1.165, 1.54) is 12.5 Å². The van der Waals surface area contributed by atoms with E-state index in [4.69, 9.17) is 0 Å². The number of nitrogens with zero attached hydrogens (tertiary/aromatic N) is 2. The van der Waals surface area contributed by atoms with E-state index in [9.17, 15) is 9.59 Å². The van der Waals surface area contributed by atoms with Gasteiger partial charge in [-0.2, -0.15) is 0 Å². The van der Waals surface area contributed by atoms with Crippen LogP contribution in [-0.2, 0) is 9.59 Å². The minimum atomic E-state index is -0.242. The topological polar surface area (TPSA) is 52.7 Å². The van der Waals surface area contributed by atoms with Crippen molar-refractivity contribution in [3.8, 4) is 0 Å². The zero-order valence-electron chi connectivity index (χ0n) is 12.6. The van der Waals surface area contributed by atoms with Crippen LogP contribution in [0.25, 0.3) is 0 Å². The van der Waals surface area contributed by atoms with Crippen LogP contribution in [0.4, 0.5) is 11.4 Å². The van der Waals surface area contributed by atoms with Crippen molar-refractivity contribution in [2.45, 2.75) is 25.3 Å². The zero-order chi connectivity index (χ0) is 15.5. The van der Waals surface area contributed by atoms with Crippen molar-refractivity contribution in [3.63, 3.8) is 0 Å². The molecule has 1 atom stereocenters. The SMILES string of the molecule is C=CC(=O)NCCC(=O)N1CC2CCCN2c2ccccc21. The van der Waals surface area contributed by atoms with E-state index in [1.807, 2.05) is 23.1 Å². The van der Waals surface area contributed by atoms with Gasteiger partial charge in [-0.25, -0.2) is 0 Å². The Morgan fingerprint density at radius 1 is 1.32 bits per heavy atom. The highest BCUT2D eigenvalue weighted by atomic mass is 16.2. The van der Waals surface area contributed by atoms with E-state index in [-0.39, 0.29) is 11.8 Å². The number of amides is 2. The quantitative estimate of drug-likeness (QED) is 0.861. The number of benzene rings is 1. The van der Waals surface area contributed by atoms with Gasteiger partial charge in [0.1, 0.15) is 0 Å². The molecule has 1 N–H and O–H groups in total. The maximum Gasteiger partial charge on any atom is 0.243 e. The number of fused-ring (bicyclic) bond motifs is 3. The van der Waals surface area contributed by atoms with Gasteiger partial charge < -0.3 is 15.1 Å². The Hall–Kier alpha value is -2.30. The average Bonchev–Trinajstić information content (AvgIpc) is 3.02. The van der Waals surface area contributed by atoms with Crippen LogP contribution in [-0.4, -0.2) is 37.5 Å². The normalized spacial score (nSPS) is 19.4. The lowest BCUT2D eigenvalue weighted by Gasteiger charge is -2.40. The number of carbonyl (C=O) groups is 2. The lowest BCUT2D eigenvalue weighted by molar-refractivity contribution is -0.119. The Bertz CT molecular complexity index is 599. The molecule has 1 saturated heterocycles. The summed E-state index contributed by atoms with van der Waals surface area (Å²) in [5.74, 6) is -0.183. The van der Waals surface area contributed by atoms with E-state index in [0.717, 1.165) is 30.9 Å². The van der Waals surface area contributed by atoms with Crippen molar-refractivity contribution >= 4 is 23.2 Å². The number of rotatable bonds is 4. The summed E-state index contributed by atoms with van der Waals surface area (Å²) in [5, 5.41) is 2.66. The molecule has 116 valence electrons. The molecule has 2 heterocycles. The molecule has 2 aliphatic rings. The van der Waals surface area contributed by atoms with Crippen LogP contribution >= 0.6 is 0 Å². The second-order valence-corrected chi connectivity index (χ2v) is 5.73. The molecule has 0 radical (unpaired) electrons. The van der Waals surface area contributed by atoms with Gasteiger partial charge in [0.15, 0.2) is 0 Å². The Kier molecular flexibility index (Phi) is 4.13. The molecule has 0 spiro atoms. The summed E-state index contributed by atoms with van der Waals surface area (Å²) in [7, 11) is 0. The predicted molar refractivity (Wildman–Crippen MR) is 87.0 cm³/mol. The second kappa shape index (κ2) is 6.22. The molecule has 0 aliphatic carbocycles. The average molecular weight is 299 g/mol. The molecule has 0 saturated carbocycles. The first kappa shape index (κ1) is 14.6. The van der Waals surface area contributed by atoms with Gasteiger partial charge in [-0.1, -0.05) is 18.7 Å². The molecule has 0 aromatic heterocycles. The zero-order valence-corrected chi connectivity index (χ0v) is 12.6. The lowest BCUT2D eigenvalue weighted by atomic mass is 10.1. The summed E-state index contributed by atoms with van der Waals surface area (Å²) in [6.45, 7) is 5.56. The van der Waals surface area contributed by atoms with Gasteiger partial charge in [0, 0.05) is 32.1 Å². The number of carbonyl (C=O) groups excluding carboxylic acids is 2. The first-order valence-corrected chi connectivity index (χ1v) is 7.77. The predicted octanol–water partition coefficient (Wildman–Crippen LogP) is 1.69. The number of anilines is 2. The minimum absolute atomic E-state index is 0.0587. The first-order chi connectivity index (χ1) is 10.7. The molecule has 2 aliphatic heterocycles. The molecule has 3 rings (SSSR count). The lowest BCUT2D eigenvalue weighted by Crippen LogP contribution is -2.48. The highest BCUT2D eigenvalue weighted by Gasteiger charge is 2.35. The minimum Gasteiger partial charge on any atom is -0.365 e. The fourth-order valence-corrected chi connectivity index (χ4v) is 3.32. The van der Waals surface area contributed by atoms with Crippen molar-refractivity contribution in [3.05, 3.63) is 36.9 Å². The van der Waals surface area contributed by atoms with Gasteiger partial charge in [0.25, 0.3) is 0 Å². The molecular formula is C17H21N3O2. The Morgan fingerprint density at radius 3 is 2.86 bits per heavy atom. The molecule has 1 aromatic carbocycles. The third-order valence-corrected chi connectivity index (χ3v) is 4.38. The molecule has 1 unspecified atom stereocenters. The van der Waals surface area contributed by atoms with Gasteiger partial charge in [0.05, 0.1) is 11.4 Å². The highest BCUT2D eigenvalue weighted by molar-refractivity contribution is 5.98. The molecule has 0 bridgehead atoms. The largest absolute Gasteiger partial charge is 0.365 e. The first-order valence-electron chi connectivity index (χ1n) is 7.77. The second-order valence-electron chi connectivity index (χ2n) is 5.73. The molecule has 5 heteroatoms. The van der Waals surface area contributed by atoms with E-state index >= 15 is 0 Å². The summed E-state index contributed by atoms with van der Waals surface area (Å²) in [5.41, 5.74) is 2.14. The number of hydrogen-bond donors (Lipinski definition) is 1. The van der Waals surface area contributed by atoms with Crippen LogP contribution < -0.4 is 15.1 Å². The summed E-state index contributed by atoms with van der Waals surface area (Å²) in [6, 6.07) is 8.50. The maximum atomic E-state index is 12.5. The van der Waals surface area contributed by atoms with Crippen molar-refractivity contribution in [1.29, 1.82) is 0 Å². The van der Waals surface area contributed by atoms with E-state index < -0.39 is 0 Å². The number of hydrogen-bond acceptors (Lipinski definition) is 3. The van der Waals surface area contributed by atoms with E-state index in [0.29, 0.717) is 19.0 Å². The third kappa shape index (κ3) is 2.71. The molecule has 5 nitrogen and oxygen atoms in total. The molecule has 22 heavy (non-hydrogen) atoms. The van der Waals surface area contributed by atoms with Crippen LogP contribution in [0.2, 0.25) is 0 Å². The number of nitrogens with one attached hydrogen (secondary N) is 1. The Balaban J connectivity index is 1.73. The summed E-state index contributed by atoms with van der Waals surface area (Å²) in [6.07, 6.45) is 3.83. The van der Waals surface area contributed by atoms with Crippen LogP contribution in [0.5, 0.6) is 0 Å². The standard InChI is InChI=1S/C17H21N3O2/c1-2-16(21)18-10-9-17(22)20-12-13-6-5-11-19(13)14-7-3-4-8-15(14)20/h2-4,7-8,13H,1,5-6,9-12H2,(H,18,21). The summed E-state index contributed by atoms with van der Waals surface area (Å²) >= 11 is 0. The van der Waals surface area contributed by atoms with E-state index in [2.05, 4.69) is 22.9 Å². The van der Waals surface area contributed by atoms with Crippen molar-refractivity contribution in [1.82, 2.24) is 5.32 Å². The Morgan fingerprint density at radius 2 is 2.09 bits per heavy atom. The summed E-state index contributed by atoms with van der Waals surface area (Å²) < 4.78 is 0. The van der Waals surface area contributed by atoms with Gasteiger partial charge in [0.2, 0.25) is 11.8 Å². The Labute approximate surface area is 130 Å². The maximum absolute atomic E-state index is 12.5. The number of para-hydroxylation sites is 2. The van der Waals surface area contributed by atoms with E-state index in [1.54, 1.807) is 0 Å². The van der Waals surface area contributed by atoms with Crippen molar-refractivity contribution < 1.29 is 9.59 Å². The van der Waals surface area contributed by atoms with Crippen molar-refractivity contribution in [2.24, 2.45) is 0 Å². The van der Waals surface area contributed by atoms with Crippen LogP contribution in [0, 0.1) is 0 Å². The molecule has 1 fully saturated rings. The molecular weight excluding hydrogens is 278 g/mol. The van der Waals surface area contributed by atoms with Crippen LogP contribution in [0.1, 0.15) is 19.3 Å². The van der Waals surface area contributed by atoms with Gasteiger partial charge in [-0.15, -0.1) is 0 Å². The fourth-order valence-electron chi connectivity index (χ4n) is 3.32. The fraction of sp³-hybridized carbons (Fsp3) is 0.412. The third-order valence-electron chi connectivity index (χ3n) is 4.38. The van der Waals surface area contributed by atoms with Crippen LogP contribution in [0.15, 0.2) is 36.9 Å². The molecule has 1 aromatic rings. The van der Waals surface area contributed by atoms with Crippen LogP contribution in [0.3, 0.4) is 0 Å². The van der Waals surface area contributed by atoms with Crippen molar-refractivity contribution in [2.75, 3.05) is 29.4 Å². The molecule has 2 amide bonds. The van der Waals surface area contributed by atoms with Gasteiger partial charge in [-0.3, -0.25) is 9.59 Å². The summed E-state index contributed by atoms with van der Waals surface area (Å²) in [4.78, 5) is 28.0.